The van der Waals surface area contributed by atoms with Crippen molar-refractivity contribution in [3.8, 4) is 0 Å². The van der Waals surface area contributed by atoms with Crippen LogP contribution in [0.15, 0.2) is 18.2 Å². The van der Waals surface area contributed by atoms with Gasteiger partial charge in [-0.25, -0.2) is 0 Å². The molecule has 2 aliphatic heterocycles. The van der Waals surface area contributed by atoms with Crippen LogP contribution >= 0.6 is 0 Å². The Kier molecular flexibility index (Phi) is 5.87. The molecule has 0 saturated carbocycles. The van der Waals surface area contributed by atoms with Crippen molar-refractivity contribution in [1.82, 2.24) is 10.2 Å². The number of nitrogens with zero attached hydrogens (tertiary/aromatic N) is 1. The summed E-state index contributed by atoms with van der Waals surface area (Å²) >= 11 is 0. The van der Waals surface area contributed by atoms with Crippen LogP contribution in [0, 0.1) is 6.92 Å². The minimum Gasteiger partial charge on any atom is -0.393 e. The van der Waals surface area contributed by atoms with Crippen LogP contribution in [-0.2, 0) is 11.3 Å². The molecule has 2 N–H and O–H groups in total. The monoisotopic (exact) mass is 332 g/mol. The number of hydrogen-bond acceptors (Lipinski definition) is 4. The molecule has 0 aliphatic carbocycles. The highest BCUT2D eigenvalue weighted by molar-refractivity contribution is 5.96. The fourth-order valence-corrected chi connectivity index (χ4v) is 3.45. The second-order valence-electron chi connectivity index (χ2n) is 7.02. The zero-order chi connectivity index (χ0) is 16.9. The van der Waals surface area contributed by atoms with E-state index < -0.39 is 0 Å². The summed E-state index contributed by atoms with van der Waals surface area (Å²) in [6.07, 6.45) is 3.30. The van der Waals surface area contributed by atoms with Gasteiger partial charge in [0, 0.05) is 44.5 Å². The zero-order valence-corrected chi connectivity index (χ0v) is 14.5. The van der Waals surface area contributed by atoms with Gasteiger partial charge < -0.3 is 15.2 Å². The summed E-state index contributed by atoms with van der Waals surface area (Å²) < 4.78 is 5.35. The number of aliphatic hydroxyl groups excluding tert-OH is 1. The second kappa shape index (κ2) is 8.10. The molecular formula is C19H28N2O3. The molecule has 24 heavy (non-hydrogen) atoms. The maximum Gasteiger partial charge on any atom is 0.251 e. The molecule has 2 aliphatic rings. The van der Waals surface area contributed by atoms with Gasteiger partial charge in [0.15, 0.2) is 0 Å². The minimum absolute atomic E-state index is 0.0234. The van der Waals surface area contributed by atoms with Gasteiger partial charge in [-0.15, -0.1) is 0 Å². The predicted molar refractivity (Wildman–Crippen MR) is 93.0 cm³/mol. The molecule has 5 nitrogen and oxygen atoms in total. The van der Waals surface area contributed by atoms with E-state index in [1.165, 1.54) is 0 Å². The van der Waals surface area contributed by atoms with Crippen LogP contribution in [-0.4, -0.2) is 54.4 Å². The molecule has 5 heteroatoms. The molecule has 1 aromatic rings. The molecule has 1 aromatic carbocycles. The predicted octanol–water partition coefficient (Wildman–Crippen LogP) is 1.86. The average molecular weight is 332 g/mol. The van der Waals surface area contributed by atoms with Gasteiger partial charge in [0.1, 0.15) is 0 Å². The average Bonchev–Trinajstić information content (AvgIpc) is 2.59. The highest BCUT2D eigenvalue weighted by atomic mass is 16.5. The highest BCUT2D eigenvalue weighted by Crippen LogP contribution is 2.17. The Balaban J connectivity index is 1.63. The Hall–Kier alpha value is -1.43. The number of nitrogens with one attached hydrogen (secondary N) is 1. The summed E-state index contributed by atoms with van der Waals surface area (Å²) in [5.41, 5.74) is 2.95. The molecule has 0 spiro atoms. The lowest BCUT2D eigenvalue weighted by Gasteiger charge is -2.29. The third-order valence-electron chi connectivity index (χ3n) is 5.07. The quantitative estimate of drug-likeness (QED) is 0.883. The maximum absolute atomic E-state index is 12.6. The topological polar surface area (TPSA) is 61.8 Å². The van der Waals surface area contributed by atoms with Crippen molar-refractivity contribution in [3.63, 3.8) is 0 Å². The standard InChI is InChI=1S/C19H28N2O3/c1-14-2-3-15(13-21-8-4-17(22)5-9-21)12-18(14)19(23)20-16-6-10-24-11-7-16/h2-3,12,16-17,22H,4-11,13H2,1H3,(H,20,23). The number of rotatable bonds is 4. The number of ether oxygens (including phenoxy) is 1. The molecule has 2 fully saturated rings. The lowest BCUT2D eigenvalue weighted by atomic mass is 10.0. The normalized spacial score (nSPS) is 20.9. The van der Waals surface area contributed by atoms with E-state index in [9.17, 15) is 9.90 Å². The number of aryl methyl sites for hydroxylation is 1. The first kappa shape index (κ1) is 17.4. The number of likely N-dealkylation sites (tertiary alicyclic amines) is 1. The number of carbonyl (C=O) groups excluding carboxylic acids is 1. The lowest BCUT2D eigenvalue weighted by Crippen LogP contribution is -2.39. The van der Waals surface area contributed by atoms with E-state index in [0.717, 1.165) is 75.2 Å². The number of amides is 1. The van der Waals surface area contributed by atoms with E-state index >= 15 is 0 Å². The summed E-state index contributed by atoms with van der Waals surface area (Å²) in [6, 6.07) is 6.38. The van der Waals surface area contributed by atoms with Gasteiger partial charge in [-0.05, 0) is 49.8 Å². The fourth-order valence-electron chi connectivity index (χ4n) is 3.45. The van der Waals surface area contributed by atoms with Gasteiger partial charge in [0.25, 0.3) is 5.91 Å². The van der Waals surface area contributed by atoms with E-state index in [4.69, 9.17) is 4.74 Å². The first-order valence-corrected chi connectivity index (χ1v) is 9.00. The molecule has 0 bridgehead atoms. The Bertz CT molecular complexity index is 562. The van der Waals surface area contributed by atoms with Crippen LogP contribution < -0.4 is 5.32 Å². The molecule has 2 saturated heterocycles. The van der Waals surface area contributed by atoms with Gasteiger partial charge >= 0.3 is 0 Å². The first-order valence-electron chi connectivity index (χ1n) is 9.00. The largest absolute Gasteiger partial charge is 0.393 e. The second-order valence-corrected chi connectivity index (χ2v) is 7.02. The van der Waals surface area contributed by atoms with E-state index in [1.54, 1.807) is 0 Å². The number of aliphatic hydroxyl groups is 1. The van der Waals surface area contributed by atoms with Crippen molar-refractivity contribution in [2.24, 2.45) is 0 Å². The molecular weight excluding hydrogens is 304 g/mol. The van der Waals surface area contributed by atoms with E-state index in [-0.39, 0.29) is 18.1 Å². The number of hydrogen-bond donors (Lipinski definition) is 2. The Morgan fingerprint density at radius 1 is 1.25 bits per heavy atom. The fraction of sp³-hybridized carbons (Fsp3) is 0.632. The van der Waals surface area contributed by atoms with Crippen LogP contribution in [0.4, 0.5) is 0 Å². The van der Waals surface area contributed by atoms with Crippen molar-refractivity contribution in [3.05, 3.63) is 34.9 Å². The summed E-state index contributed by atoms with van der Waals surface area (Å²) in [7, 11) is 0. The number of benzene rings is 1. The third-order valence-corrected chi connectivity index (χ3v) is 5.07. The number of carbonyl (C=O) groups is 1. The molecule has 0 aromatic heterocycles. The molecule has 3 rings (SSSR count). The summed E-state index contributed by atoms with van der Waals surface area (Å²) in [6.45, 7) is 6.11. The van der Waals surface area contributed by atoms with E-state index in [0.29, 0.717) is 0 Å². The van der Waals surface area contributed by atoms with Crippen molar-refractivity contribution < 1.29 is 14.6 Å². The smallest absolute Gasteiger partial charge is 0.251 e. The number of piperidine rings is 1. The van der Waals surface area contributed by atoms with Gasteiger partial charge in [-0.3, -0.25) is 9.69 Å². The molecule has 132 valence electrons. The van der Waals surface area contributed by atoms with Crippen LogP contribution in [0.2, 0.25) is 0 Å². The minimum atomic E-state index is -0.153. The van der Waals surface area contributed by atoms with Crippen LogP contribution in [0.1, 0.15) is 47.2 Å². The van der Waals surface area contributed by atoms with Crippen LogP contribution in [0.5, 0.6) is 0 Å². The zero-order valence-electron chi connectivity index (χ0n) is 14.5. The van der Waals surface area contributed by atoms with E-state index in [1.807, 2.05) is 19.1 Å². The summed E-state index contributed by atoms with van der Waals surface area (Å²) in [4.78, 5) is 15.0. The third kappa shape index (κ3) is 4.56. The van der Waals surface area contributed by atoms with Gasteiger partial charge in [0.05, 0.1) is 6.10 Å². The van der Waals surface area contributed by atoms with Crippen molar-refractivity contribution in [2.75, 3.05) is 26.3 Å². The summed E-state index contributed by atoms with van der Waals surface area (Å²) in [5.74, 6) is 0.0234. The Labute approximate surface area is 144 Å². The van der Waals surface area contributed by atoms with Gasteiger partial charge in [0.2, 0.25) is 0 Å². The molecule has 2 heterocycles. The molecule has 0 unspecified atom stereocenters. The van der Waals surface area contributed by atoms with Crippen molar-refractivity contribution in [1.29, 1.82) is 0 Å². The Morgan fingerprint density at radius 2 is 1.96 bits per heavy atom. The highest BCUT2D eigenvalue weighted by Gasteiger charge is 2.20. The molecule has 0 atom stereocenters. The van der Waals surface area contributed by atoms with Crippen LogP contribution in [0.3, 0.4) is 0 Å². The van der Waals surface area contributed by atoms with Crippen molar-refractivity contribution in [2.45, 2.75) is 51.3 Å². The van der Waals surface area contributed by atoms with E-state index in [2.05, 4.69) is 16.3 Å². The SMILES string of the molecule is Cc1ccc(CN2CCC(O)CC2)cc1C(=O)NC1CCOCC1. The summed E-state index contributed by atoms with van der Waals surface area (Å²) in [5, 5.41) is 12.8. The van der Waals surface area contributed by atoms with Crippen molar-refractivity contribution >= 4 is 5.91 Å². The van der Waals surface area contributed by atoms with Gasteiger partial charge in [-0.2, -0.15) is 0 Å². The van der Waals surface area contributed by atoms with Gasteiger partial charge in [-0.1, -0.05) is 12.1 Å². The lowest BCUT2D eigenvalue weighted by molar-refractivity contribution is 0.0696. The Morgan fingerprint density at radius 3 is 2.67 bits per heavy atom. The molecule has 0 radical (unpaired) electrons. The van der Waals surface area contributed by atoms with Crippen LogP contribution in [0.25, 0.3) is 0 Å². The molecule has 1 amide bonds. The maximum atomic E-state index is 12.6. The first-order chi connectivity index (χ1) is 11.6.